The van der Waals surface area contributed by atoms with Gasteiger partial charge in [0, 0.05) is 6.07 Å². The molecule has 1 aromatic rings. The molecule has 0 bridgehead atoms. The Balaban J connectivity index is 0.000000187. The van der Waals surface area contributed by atoms with Crippen molar-refractivity contribution in [3.05, 3.63) is 24.8 Å². The molecule has 0 saturated carbocycles. The highest BCUT2D eigenvalue weighted by Gasteiger charge is 2.20. The zero-order valence-electron chi connectivity index (χ0n) is 5.35. The molecule has 1 heterocycles. The highest BCUT2D eigenvalue weighted by molar-refractivity contribution is 6.50. The summed E-state index contributed by atoms with van der Waals surface area (Å²) in [5, 5.41) is 0. The zero-order chi connectivity index (χ0) is 8.74. The van der Waals surface area contributed by atoms with Gasteiger partial charge in [0.2, 0.25) is 0 Å². The van der Waals surface area contributed by atoms with E-state index in [2.05, 4.69) is 9.97 Å². The lowest BCUT2D eigenvalue weighted by atomic mass is 10.3. The number of hydrogen-bond donors (Lipinski definition) is 0. The Morgan fingerprint density at radius 3 is 1.82 bits per heavy atom. The molecule has 1 N–H and O–H groups in total. The summed E-state index contributed by atoms with van der Waals surface area (Å²) in [4.78, 5) is 6.51. The minimum absolute atomic E-state index is 1.62. The number of H-pyrrole nitrogens is 1. The van der Waals surface area contributed by atoms with Crippen molar-refractivity contribution in [2.24, 2.45) is 0 Å². The summed E-state index contributed by atoms with van der Waals surface area (Å²) >= 11 is 0. The second kappa shape index (κ2) is 4.65. The van der Waals surface area contributed by atoms with Gasteiger partial charge in [-0.2, -0.15) is 0 Å². The van der Waals surface area contributed by atoms with E-state index in [9.17, 15) is 17.3 Å². The lowest BCUT2D eigenvalue weighted by Gasteiger charge is -1.94. The lowest BCUT2D eigenvalue weighted by Crippen LogP contribution is -2.02. The predicted octanol–water partition coefficient (Wildman–Crippen LogP) is 1.20. The van der Waals surface area contributed by atoms with Gasteiger partial charge in [-0.25, -0.2) is 0 Å². The Hall–Kier alpha value is -1.14. The molecule has 62 valence electrons. The first kappa shape index (κ1) is 9.86. The van der Waals surface area contributed by atoms with Gasteiger partial charge in [0.05, 0.1) is 6.20 Å². The zero-order valence-corrected chi connectivity index (χ0v) is 5.35. The number of aromatic amines is 1. The van der Waals surface area contributed by atoms with Gasteiger partial charge in [-0.3, -0.25) is 4.98 Å². The van der Waals surface area contributed by atoms with Crippen molar-refractivity contribution in [2.75, 3.05) is 0 Å². The van der Waals surface area contributed by atoms with Gasteiger partial charge < -0.3 is 17.3 Å². The maximum Gasteiger partial charge on any atom is 0.673 e. The molecular weight excluding hydrogens is 163 g/mol. The van der Waals surface area contributed by atoms with Crippen molar-refractivity contribution in [1.29, 1.82) is 0 Å². The van der Waals surface area contributed by atoms with Crippen LogP contribution in [0, 0.1) is 0 Å². The molecule has 1 aromatic heterocycles. The SMILES string of the molecule is F[B-](F)(F)F.c1cnc[nH+]c1. The van der Waals surface area contributed by atoms with Crippen LogP contribution in [-0.4, -0.2) is 12.2 Å². The van der Waals surface area contributed by atoms with Crippen LogP contribution in [0.4, 0.5) is 17.3 Å². The molecule has 0 atom stereocenters. The Bertz CT molecular complexity index is 144. The minimum atomic E-state index is -6.00. The van der Waals surface area contributed by atoms with Crippen LogP contribution in [0.1, 0.15) is 0 Å². The molecule has 0 aliphatic heterocycles. The third-order valence-corrected chi connectivity index (χ3v) is 0.514. The van der Waals surface area contributed by atoms with Crippen molar-refractivity contribution in [2.45, 2.75) is 0 Å². The molecule has 0 aliphatic rings. The fraction of sp³-hybridized carbons (Fsp3) is 0. The lowest BCUT2D eigenvalue weighted by molar-refractivity contribution is -0.382. The van der Waals surface area contributed by atoms with Crippen LogP contribution in [0.25, 0.3) is 0 Å². The van der Waals surface area contributed by atoms with Crippen molar-refractivity contribution >= 4 is 7.25 Å². The van der Waals surface area contributed by atoms with E-state index in [0.717, 1.165) is 0 Å². The van der Waals surface area contributed by atoms with Crippen LogP contribution in [0.5, 0.6) is 0 Å². The summed E-state index contributed by atoms with van der Waals surface area (Å²) < 4.78 is 39.0. The van der Waals surface area contributed by atoms with Crippen LogP contribution in [0.15, 0.2) is 24.8 Å². The molecule has 0 aliphatic carbocycles. The second-order valence-corrected chi connectivity index (χ2v) is 1.45. The molecular formula is C4H5BF4N2. The topological polar surface area (TPSA) is 27.0 Å². The summed E-state index contributed by atoms with van der Waals surface area (Å²) in [6, 6.07) is 1.83. The molecule has 0 saturated heterocycles. The maximum atomic E-state index is 9.75. The van der Waals surface area contributed by atoms with E-state index in [-0.39, 0.29) is 0 Å². The van der Waals surface area contributed by atoms with Crippen LogP contribution in [0.2, 0.25) is 0 Å². The van der Waals surface area contributed by atoms with Crippen molar-refractivity contribution in [1.82, 2.24) is 4.98 Å². The fourth-order valence-corrected chi connectivity index (χ4v) is 0.277. The van der Waals surface area contributed by atoms with E-state index in [0.29, 0.717) is 0 Å². The fourth-order valence-electron chi connectivity index (χ4n) is 0.277. The van der Waals surface area contributed by atoms with Crippen molar-refractivity contribution < 1.29 is 22.2 Å². The first-order valence-corrected chi connectivity index (χ1v) is 2.63. The molecule has 7 heteroatoms. The number of rotatable bonds is 0. The van der Waals surface area contributed by atoms with Crippen LogP contribution >= 0.6 is 0 Å². The van der Waals surface area contributed by atoms with E-state index >= 15 is 0 Å². The molecule has 0 fully saturated rings. The molecule has 0 amide bonds. The van der Waals surface area contributed by atoms with Crippen molar-refractivity contribution in [3.8, 4) is 0 Å². The van der Waals surface area contributed by atoms with E-state index in [1.165, 1.54) is 0 Å². The summed E-state index contributed by atoms with van der Waals surface area (Å²) in [6.45, 7) is 0. The van der Waals surface area contributed by atoms with E-state index in [1.54, 1.807) is 12.5 Å². The first-order chi connectivity index (χ1) is 5.00. The first-order valence-electron chi connectivity index (χ1n) is 2.63. The predicted molar refractivity (Wildman–Crippen MR) is 31.0 cm³/mol. The summed E-state index contributed by atoms with van der Waals surface area (Å²) in [5.74, 6) is 0. The normalized spacial score (nSPS) is 9.82. The number of nitrogens with zero attached hydrogens (tertiary/aromatic N) is 1. The number of halogens is 4. The van der Waals surface area contributed by atoms with Gasteiger partial charge in [-0.05, 0) is 0 Å². The van der Waals surface area contributed by atoms with Gasteiger partial charge in [0.15, 0.2) is 0 Å². The molecule has 0 radical (unpaired) electrons. The molecule has 0 aromatic carbocycles. The molecule has 1 rings (SSSR count). The number of hydrogen-bond acceptors (Lipinski definition) is 1. The molecule has 11 heavy (non-hydrogen) atoms. The van der Waals surface area contributed by atoms with Gasteiger partial charge in [0.1, 0.15) is 6.20 Å². The standard InChI is InChI=1S/C4H4N2.BF4/c1-2-5-4-6-3-1;2-1(3,4)5/h1-4H;/q;-1/p+1. The number of aromatic nitrogens is 2. The second-order valence-electron chi connectivity index (χ2n) is 1.45. The maximum absolute atomic E-state index is 9.75. The third kappa shape index (κ3) is 17.7. The van der Waals surface area contributed by atoms with Gasteiger partial charge >= 0.3 is 7.25 Å². The highest BCUT2D eigenvalue weighted by Crippen LogP contribution is 2.06. The summed E-state index contributed by atoms with van der Waals surface area (Å²) in [6.07, 6.45) is 5.16. The van der Waals surface area contributed by atoms with Crippen LogP contribution < -0.4 is 4.98 Å². The van der Waals surface area contributed by atoms with Gasteiger partial charge in [-0.15, -0.1) is 0 Å². The Morgan fingerprint density at radius 2 is 1.73 bits per heavy atom. The minimum Gasteiger partial charge on any atom is -0.418 e. The van der Waals surface area contributed by atoms with Crippen LogP contribution in [0.3, 0.4) is 0 Å². The number of nitrogens with one attached hydrogen (secondary N) is 1. The third-order valence-electron chi connectivity index (χ3n) is 0.514. The molecule has 0 unspecified atom stereocenters. The van der Waals surface area contributed by atoms with Crippen molar-refractivity contribution in [3.63, 3.8) is 0 Å². The van der Waals surface area contributed by atoms with E-state index < -0.39 is 7.25 Å². The monoisotopic (exact) mass is 168 g/mol. The Morgan fingerprint density at radius 1 is 1.18 bits per heavy atom. The van der Waals surface area contributed by atoms with Crippen LogP contribution in [-0.2, 0) is 0 Å². The Labute approximate surface area is 60.4 Å². The Kier molecular flexibility index (Phi) is 4.17. The largest absolute Gasteiger partial charge is 0.673 e. The highest BCUT2D eigenvalue weighted by atomic mass is 19.5. The molecule has 0 spiro atoms. The molecule has 2 nitrogen and oxygen atoms in total. The van der Waals surface area contributed by atoms with Gasteiger partial charge in [-0.1, -0.05) is 4.98 Å². The quantitative estimate of drug-likeness (QED) is 0.422. The average Bonchev–Trinajstić information content (AvgIpc) is 1.88. The van der Waals surface area contributed by atoms with Gasteiger partial charge in [0.25, 0.3) is 6.33 Å². The smallest absolute Gasteiger partial charge is 0.418 e. The average molecular weight is 168 g/mol. The summed E-state index contributed by atoms with van der Waals surface area (Å²) in [5.41, 5.74) is 0. The van der Waals surface area contributed by atoms with E-state index in [1.807, 2.05) is 12.3 Å². The summed E-state index contributed by atoms with van der Waals surface area (Å²) in [7, 11) is -6.00. The van der Waals surface area contributed by atoms with E-state index in [4.69, 9.17) is 0 Å².